The lowest BCUT2D eigenvalue weighted by molar-refractivity contribution is -0.128. The largest absolute Gasteiger partial charge is 0.423 e. The van der Waals surface area contributed by atoms with E-state index < -0.39 is 5.97 Å². The highest BCUT2D eigenvalue weighted by atomic mass is 35.5. The van der Waals surface area contributed by atoms with E-state index in [4.69, 9.17) is 16.3 Å². The van der Waals surface area contributed by atoms with E-state index in [1.807, 2.05) is 6.92 Å². The molecule has 0 unspecified atom stereocenters. The van der Waals surface area contributed by atoms with Gasteiger partial charge in [-0.3, -0.25) is 9.48 Å². The van der Waals surface area contributed by atoms with E-state index >= 15 is 0 Å². The monoisotopic (exact) mass is 375 g/mol. The van der Waals surface area contributed by atoms with E-state index in [-0.39, 0.29) is 5.91 Å². The van der Waals surface area contributed by atoms with E-state index in [0.29, 0.717) is 34.6 Å². The summed E-state index contributed by atoms with van der Waals surface area (Å²) in [5.41, 5.74) is 2.08. The van der Waals surface area contributed by atoms with Gasteiger partial charge in [0.05, 0.1) is 5.69 Å². The van der Waals surface area contributed by atoms with Gasteiger partial charge in [-0.15, -0.1) is 0 Å². The lowest BCUT2D eigenvalue weighted by Gasteiger charge is -2.05. The van der Waals surface area contributed by atoms with Crippen LogP contribution in [0.5, 0.6) is 5.75 Å². The second kappa shape index (κ2) is 8.67. The Morgan fingerprint density at radius 1 is 1.31 bits per heavy atom. The summed E-state index contributed by atoms with van der Waals surface area (Å²) in [6.07, 6.45) is 2.92. The predicted octanol–water partition coefficient (Wildman–Crippen LogP) is 4.08. The average Bonchev–Trinajstić information content (AvgIpc) is 2.80. The van der Waals surface area contributed by atoms with Gasteiger partial charge in [0, 0.05) is 30.8 Å². The molecule has 0 aliphatic carbocycles. The fourth-order valence-corrected chi connectivity index (χ4v) is 2.64. The third-order valence-corrected chi connectivity index (χ3v) is 3.83. The Morgan fingerprint density at radius 2 is 1.96 bits per heavy atom. The summed E-state index contributed by atoms with van der Waals surface area (Å²) < 4.78 is 6.97. The Morgan fingerprint density at radius 3 is 2.54 bits per heavy atom. The van der Waals surface area contributed by atoms with E-state index in [1.165, 1.54) is 13.0 Å². The molecule has 2 rings (SSSR count). The van der Waals surface area contributed by atoms with Crippen molar-refractivity contribution in [3.05, 3.63) is 46.8 Å². The molecule has 0 saturated heterocycles. The topological polar surface area (TPSA) is 73.2 Å². The molecular formula is C19H22ClN3O3. The summed E-state index contributed by atoms with van der Waals surface area (Å²) in [7, 11) is 0. The summed E-state index contributed by atoms with van der Waals surface area (Å²) in [6, 6.07) is 6.53. The standard InChI is InChI=1S/C19H22ClN3O3/c1-12(2)11-23-19(20)17(13(3)22-23)9-10-18(25)26-16-7-5-15(6-8-16)21-14(4)24/h5-10,12H,11H2,1-4H3,(H,21,24)/b10-9+. The van der Waals surface area contributed by atoms with Gasteiger partial charge in [-0.05, 0) is 43.2 Å². The predicted molar refractivity (Wildman–Crippen MR) is 102 cm³/mol. The summed E-state index contributed by atoms with van der Waals surface area (Å²) in [4.78, 5) is 23.0. The quantitative estimate of drug-likeness (QED) is 0.469. The van der Waals surface area contributed by atoms with Crippen LogP contribution in [0.3, 0.4) is 0 Å². The Balaban J connectivity index is 2.03. The van der Waals surface area contributed by atoms with Crippen LogP contribution in [0, 0.1) is 12.8 Å². The molecule has 0 saturated carbocycles. The minimum absolute atomic E-state index is 0.164. The molecule has 1 aromatic carbocycles. The molecular weight excluding hydrogens is 354 g/mol. The number of aryl methyl sites for hydroxylation is 1. The Labute approximate surface area is 157 Å². The molecule has 26 heavy (non-hydrogen) atoms. The van der Waals surface area contributed by atoms with E-state index in [2.05, 4.69) is 24.3 Å². The Kier molecular flexibility index (Phi) is 6.58. The molecule has 0 aliphatic heterocycles. The minimum Gasteiger partial charge on any atom is -0.423 e. The second-order valence-electron chi connectivity index (χ2n) is 6.33. The summed E-state index contributed by atoms with van der Waals surface area (Å²) in [6.45, 7) is 8.14. The molecule has 6 nitrogen and oxygen atoms in total. The first-order valence-corrected chi connectivity index (χ1v) is 8.64. The normalized spacial score (nSPS) is 11.2. The average molecular weight is 376 g/mol. The van der Waals surface area contributed by atoms with Gasteiger partial charge >= 0.3 is 5.97 Å². The molecule has 0 bridgehead atoms. The molecule has 0 aliphatic rings. The SMILES string of the molecule is CC(=O)Nc1ccc(OC(=O)/C=C/c2c(C)nn(CC(C)C)c2Cl)cc1. The first-order valence-electron chi connectivity index (χ1n) is 8.26. The number of ether oxygens (including phenoxy) is 1. The van der Waals surface area contributed by atoms with Crippen LogP contribution in [0.4, 0.5) is 5.69 Å². The number of carbonyl (C=O) groups excluding carboxylic acids is 2. The van der Waals surface area contributed by atoms with Crippen molar-refractivity contribution in [1.82, 2.24) is 9.78 Å². The van der Waals surface area contributed by atoms with Crippen molar-refractivity contribution < 1.29 is 14.3 Å². The van der Waals surface area contributed by atoms with Crippen molar-refractivity contribution in [2.45, 2.75) is 34.2 Å². The molecule has 1 amide bonds. The van der Waals surface area contributed by atoms with Crippen molar-refractivity contribution in [3.8, 4) is 5.75 Å². The molecule has 1 heterocycles. The van der Waals surface area contributed by atoms with Gasteiger partial charge in [0.25, 0.3) is 0 Å². The Bertz CT molecular complexity index is 823. The first-order chi connectivity index (χ1) is 12.3. The molecule has 1 aromatic heterocycles. The Hall–Kier alpha value is -2.60. The third kappa shape index (κ3) is 5.46. The smallest absolute Gasteiger partial charge is 0.336 e. The lowest BCUT2D eigenvalue weighted by Crippen LogP contribution is -2.06. The number of aromatic nitrogens is 2. The highest BCUT2D eigenvalue weighted by Gasteiger charge is 2.12. The molecule has 7 heteroatoms. The number of rotatable bonds is 6. The number of hydrogen-bond donors (Lipinski definition) is 1. The number of halogens is 1. The van der Waals surface area contributed by atoms with Crippen LogP contribution in [-0.4, -0.2) is 21.7 Å². The maximum absolute atomic E-state index is 12.0. The number of benzene rings is 1. The van der Waals surface area contributed by atoms with Crippen LogP contribution in [0.25, 0.3) is 6.08 Å². The van der Waals surface area contributed by atoms with Gasteiger partial charge in [-0.2, -0.15) is 5.10 Å². The molecule has 0 atom stereocenters. The molecule has 2 aromatic rings. The number of carbonyl (C=O) groups is 2. The fraction of sp³-hybridized carbons (Fsp3) is 0.316. The molecule has 0 radical (unpaired) electrons. The van der Waals surface area contributed by atoms with Crippen molar-refractivity contribution >= 4 is 35.2 Å². The van der Waals surface area contributed by atoms with Crippen LogP contribution < -0.4 is 10.1 Å². The molecule has 138 valence electrons. The number of amides is 1. The second-order valence-corrected chi connectivity index (χ2v) is 6.68. The number of hydrogen-bond acceptors (Lipinski definition) is 4. The minimum atomic E-state index is -0.524. The van der Waals surface area contributed by atoms with E-state index in [1.54, 1.807) is 35.0 Å². The van der Waals surface area contributed by atoms with Gasteiger partial charge in [-0.25, -0.2) is 4.79 Å². The maximum Gasteiger partial charge on any atom is 0.336 e. The number of nitrogens with zero attached hydrogens (tertiary/aromatic N) is 2. The number of anilines is 1. The molecule has 0 fully saturated rings. The van der Waals surface area contributed by atoms with Gasteiger partial charge in [0.1, 0.15) is 10.9 Å². The highest BCUT2D eigenvalue weighted by molar-refractivity contribution is 6.31. The molecule has 1 N–H and O–H groups in total. The van der Waals surface area contributed by atoms with Gasteiger partial charge in [0.2, 0.25) is 5.91 Å². The number of nitrogens with one attached hydrogen (secondary N) is 1. The fourth-order valence-electron chi connectivity index (χ4n) is 2.33. The number of esters is 1. The van der Waals surface area contributed by atoms with Crippen molar-refractivity contribution in [3.63, 3.8) is 0 Å². The summed E-state index contributed by atoms with van der Waals surface area (Å²) >= 11 is 6.34. The van der Waals surface area contributed by atoms with E-state index in [9.17, 15) is 9.59 Å². The third-order valence-electron chi connectivity index (χ3n) is 3.43. The summed E-state index contributed by atoms with van der Waals surface area (Å²) in [5, 5.41) is 7.54. The van der Waals surface area contributed by atoms with Crippen LogP contribution in [0.15, 0.2) is 30.3 Å². The van der Waals surface area contributed by atoms with Crippen molar-refractivity contribution in [2.75, 3.05) is 5.32 Å². The zero-order valence-corrected chi connectivity index (χ0v) is 16.0. The summed E-state index contributed by atoms with van der Waals surface area (Å²) in [5.74, 6) is 0.105. The van der Waals surface area contributed by atoms with Gasteiger partial charge in [0.15, 0.2) is 0 Å². The van der Waals surface area contributed by atoms with Crippen LogP contribution >= 0.6 is 11.6 Å². The van der Waals surface area contributed by atoms with Crippen molar-refractivity contribution in [1.29, 1.82) is 0 Å². The zero-order chi connectivity index (χ0) is 19.3. The highest BCUT2D eigenvalue weighted by Crippen LogP contribution is 2.22. The first kappa shape index (κ1) is 19.7. The van der Waals surface area contributed by atoms with Crippen LogP contribution in [0.1, 0.15) is 32.0 Å². The zero-order valence-electron chi connectivity index (χ0n) is 15.2. The lowest BCUT2D eigenvalue weighted by atomic mass is 10.2. The van der Waals surface area contributed by atoms with Gasteiger partial charge in [-0.1, -0.05) is 25.4 Å². The molecule has 0 spiro atoms. The van der Waals surface area contributed by atoms with Crippen molar-refractivity contribution in [2.24, 2.45) is 5.92 Å². The maximum atomic E-state index is 12.0. The van der Waals surface area contributed by atoms with Gasteiger partial charge < -0.3 is 10.1 Å². The van der Waals surface area contributed by atoms with Crippen LogP contribution in [-0.2, 0) is 16.1 Å². The van der Waals surface area contributed by atoms with Crippen LogP contribution in [0.2, 0.25) is 5.15 Å². The van der Waals surface area contributed by atoms with E-state index in [0.717, 1.165) is 5.69 Å².